The molecule has 2 aromatic carbocycles. The van der Waals surface area contributed by atoms with Gasteiger partial charge in [-0.25, -0.2) is 8.51 Å². The smallest absolute Gasteiger partial charge is 0.225 e. The van der Waals surface area contributed by atoms with E-state index < -0.39 is 11.0 Å². The Balaban J connectivity index is 1.83. The zero-order valence-corrected chi connectivity index (χ0v) is 21.8. The molecule has 0 fully saturated rings. The van der Waals surface area contributed by atoms with Crippen molar-refractivity contribution >= 4 is 34.2 Å². The highest BCUT2D eigenvalue weighted by molar-refractivity contribution is 7.82. The first-order valence-corrected chi connectivity index (χ1v) is 12.3. The monoisotopic (exact) mass is 488 g/mol. The standard InChI is InChI=1S/C25H36N4O4S/c1-18-16-22(33-6)17-19(2)25(18)34(32)29(5)15-13-24(31)27-21-11-9-20(10-12-21)26-23(30)8-7-14-28(3)4/h9-12,16-17H,7-8,13-15H2,1-6H3,(H,26,30)(H,27,31). The third-order valence-corrected chi connectivity index (χ3v) is 6.98. The van der Waals surface area contributed by atoms with E-state index in [0.717, 1.165) is 34.7 Å². The number of aryl methyl sites for hydroxylation is 2. The first-order valence-electron chi connectivity index (χ1n) is 11.2. The predicted molar refractivity (Wildman–Crippen MR) is 138 cm³/mol. The molecule has 2 rings (SSSR count). The van der Waals surface area contributed by atoms with Gasteiger partial charge in [-0.15, -0.1) is 0 Å². The molecule has 1 atom stereocenters. The molecule has 0 aliphatic carbocycles. The maximum atomic E-state index is 13.0. The molecule has 8 nitrogen and oxygen atoms in total. The fourth-order valence-electron chi connectivity index (χ4n) is 3.44. The van der Waals surface area contributed by atoms with Gasteiger partial charge < -0.3 is 20.3 Å². The van der Waals surface area contributed by atoms with Gasteiger partial charge in [-0.2, -0.15) is 0 Å². The Labute approximate surface area is 205 Å². The summed E-state index contributed by atoms with van der Waals surface area (Å²) >= 11 is 0. The molecule has 0 radical (unpaired) electrons. The number of nitrogens with one attached hydrogen (secondary N) is 2. The number of methoxy groups -OCH3 is 1. The van der Waals surface area contributed by atoms with Crippen LogP contribution in [0.3, 0.4) is 0 Å². The molecular formula is C25H36N4O4S. The maximum Gasteiger partial charge on any atom is 0.225 e. The van der Waals surface area contributed by atoms with Crippen LogP contribution in [0.5, 0.6) is 5.75 Å². The van der Waals surface area contributed by atoms with Gasteiger partial charge in [0.05, 0.1) is 12.0 Å². The van der Waals surface area contributed by atoms with E-state index in [1.807, 2.05) is 45.0 Å². The van der Waals surface area contributed by atoms with Crippen molar-refractivity contribution in [2.45, 2.75) is 38.0 Å². The van der Waals surface area contributed by atoms with Gasteiger partial charge in [0.2, 0.25) is 11.8 Å². The second-order valence-corrected chi connectivity index (χ2v) is 10.1. The number of ether oxygens (including phenoxy) is 1. The van der Waals surface area contributed by atoms with E-state index in [1.54, 1.807) is 42.7 Å². The Morgan fingerprint density at radius 1 is 0.882 bits per heavy atom. The Bertz CT molecular complexity index is 985. The lowest BCUT2D eigenvalue weighted by atomic mass is 10.1. The molecule has 1 unspecified atom stereocenters. The summed E-state index contributed by atoms with van der Waals surface area (Å²) in [6.07, 6.45) is 1.45. The number of carbonyl (C=O) groups is 2. The largest absolute Gasteiger partial charge is 0.497 e. The molecule has 0 aliphatic rings. The van der Waals surface area contributed by atoms with Crippen LogP contribution in [0, 0.1) is 13.8 Å². The van der Waals surface area contributed by atoms with Gasteiger partial charge in [0, 0.05) is 37.8 Å². The average molecular weight is 489 g/mol. The third kappa shape index (κ3) is 8.55. The lowest BCUT2D eigenvalue weighted by molar-refractivity contribution is -0.117. The van der Waals surface area contributed by atoms with Crippen LogP contribution >= 0.6 is 0 Å². The van der Waals surface area contributed by atoms with Gasteiger partial charge >= 0.3 is 0 Å². The van der Waals surface area contributed by atoms with Gasteiger partial charge in [0.15, 0.2) is 0 Å². The summed E-state index contributed by atoms with van der Waals surface area (Å²) in [5.41, 5.74) is 3.10. The molecule has 0 spiro atoms. The minimum Gasteiger partial charge on any atom is -0.497 e. The van der Waals surface area contributed by atoms with E-state index in [-0.39, 0.29) is 18.2 Å². The number of amides is 2. The Morgan fingerprint density at radius 3 is 1.85 bits per heavy atom. The minimum atomic E-state index is -1.38. The summed E-state index contributed by atoms with van der Waals surface area (Å²) in [4.78, 5) is 27.2. The highest BCUT2D eigenvalue weighted by Gasteiger charge is 2.18. The molecule has 2 amide bonds. The van der Waals surface area contributed by atoms with Gasteiger partial charge in [-0.1, -0.05) is 0 Å². The van der Waals surface area contributed by atoms with Crippen molar-refractivity contribution in [2.75, 3.05) is 52.0 Å². The number of anilines is 2. The van der Waals surface area contributed by atoms with Crippen LogP contribution in [-0.2, 0) is 20.6 Å². The van der Waals surface area contributed by atoms with Crippen molar-refractivity contribution in [1.29, 1.82) is 0 Å². The Hall–Kier alpha value is -2.75. The SMILES string of the molecule is COc1cc(C)c(S(=O)N(C)CCC(=O)Nc2ccc(NC(=O)CCCN(C)C)cc2)c(C)c1. The summed E-state index contributed by atoms with van der Waals surface area (Å²) in [6, 6.07) is 10.7. The van der Waals surface area contributed by atoms with E-state index in [9.17, 15) is 13.8 Å². The minimum absolute atomic E-state index is 0.0305. The van der Waals surface area contributed by atoms with Gasteiger partial charge in [-0.3, -0.25) is 9.59 Å². The zero-order valence-electron chi connectivity index (χ0n) is 20.9. The van der Waals surface area contributed by atoms with Crippen molar-refractivity contribution in [3.05, 3.63) is 47.5 Å². The van der Waals surface area contributed by atoms with Crippen LogP contribution in [0.15, 0.2) is 41.3 Å². The van der Waals surface area contributed by atoms with E-state index in [2.05, 4.69) is 10.6 Å². The third-order valence-electron chi connectivity index (χ3n) is 5.24. The topological polar surface area (TPSA) is 91.0 Å². The molecule has 0 saturated carbocycles. The second kappa shape index (κ2) is 13.2. The summed E-state index contributed by atoms with van der Waals surface area (Å²) in [5, 5.41) is 5.70. The molecule has 9 heteroatoms. The number of nitrogens with zero attached hydrogens (tertiary/aromatic N) is 2. The summed E-state index contributed by atoms with van der Waals surface area (Å²) in [7, 11) is 5.91. The van der Waals surface area contributed by atoms with Crippen molar-refractivity contribution in [3.8, 4) is 5.75 Å². The summed E-state index contributed by atoms with van der Waals surface area (Å²) < 4.78 is 19.9. The number of benzene rings is 2. The quantitative estimate of drug-likeness (QED) is 0.477. The lowest BCUT2D eigenvalue weighted by Gasteiger charge is -2.19. The molecule has 186 valence electrons. The van der Waals surface area contributed by atoms with Crippen molar-refractivity contribution < 1.29 is 18.5 Å². The lowest BCUT2D eigenvalue weighted by Crippen LogP contribution is -2.27. The number of hydrogen-bond donors (Lipinski definition) is 2. The Morgan fingerprint density at radius 2 is 1.38 bits per heavy atom. The molecule has 2 N–H and O–H groups in total. The van der Waals surface area contributed by atoms with Crippen LogP contribution in [0.25, 0.3) is 0 Å². The second-order valence-electron chi connectivity index (χ2n) is 8.52. The fraction of sp³-hybridized carbons (Fsp3) is 0.440. The molecule has 2 aromatic rings. The molecular weight excluding hydrogens is 452 g/mol. The molecule has 0 bridgehead atoms. The maximum absolute atomic E-state index is 13.0. The van der Waals surface area contributed by atoms with Crippen molar-refractivity contribution in [3.63, 3.8) is 0 Å². The van der Waals surface area contributed by atoms with Crippen LogP contribution in [0.4, 0.5) is 11.4 Å². The fourth-order valence-corrected chi connectivity index (χ4v) is 4.68. The van der Waals surface area contributed by atoms with Crippen LogP contribution in [0.2, 0.25) is 0 Å². The number of hydrogen-bond acceptors (Lipinski definition) is 5. The first-order chi connectivity index (χ1) is 16.1. The Kier molecular flexibility index (Phi) is 10.7. The van der Waals surface area contributed by atoms with E-state index in [0.29, 0.717) is 24.3 Å². The van der Waals surface area contributed by atoms with Crippen molar-refractivity contribution in [2.24, 2.45) is 0 Å². The van der Waals surface area contributed by atoms with Crippen LogP contribution in [-0.4, -0.2) is 66.6 Å². The van der Waals surface area contributed by atoms with Gasteiger partial charge in [0.1, 0.15) is 16.7 Å². The first kappa shape index (κ1) is 27.5. The molecule has 0 saturated heterocycles. The normalized spacial score (nSPS) is 12.0. The summed E-state index contributed by atoms with van der Waals surface area (Å²) in [5.74, 6) is 0.525. The van der Waals surface area contributed by atoms with E-state index >= 15 is 0 Å². The predicted octanol–water partition coefficient (Wildman–Crippen LogP) is 3.58. The highest BCUT2D eigenvalue weighted by atomic mass is 32.2. The average Bonchev–Trinajstić information content (AvgIpc) is 2.77. The van der Waals surface area contributed by atoms with Gasteiger partial charge in [0.25, 0.3) is 0 Å². The zero-order chi connectivity index (χ0) is 25.3. The number of rotatable bonds is 12. The molecule has 0 aliphatic heterocycles. The number of carbonyl (C=O) groups excluding carboxylic acids is 2. The van der Waals surface area contributed by atoms with Crippen LogP contribution < -0.4 is 15.4 Å². The van der Waals surface area contributed by atoms with Crippen molar-refractivity contribution in [1.82, 2.24) is 9.21 Å². The summed E-state index contributed by atoms with van der Waals surface area (Å²) in [6.45, 7) is 5.00. The van der Waals surface area contributed by atoms with E-state index in [4.69, 9.17) is 4.74 Å². The molecule has 34 heavy (non-hydrogen) atoms. The van der Waals surface area contributed by atoms with E-state index in [1.165, 1.54) is 0 Å². The highest BCUT2D eigenvalue weighted by Crippen LogP contribution is 2.25. The molecule has 0 heterocycles. The van der Waals surface area contributed by atoms with Gasteiger partial charge in [-0.05, 0) is 88.4 Å². The van der Waals surface area contributed by atoms with Crippen LogP contribution in [0.1, 0.15) is 30.4 Å². The molecule has 0 aromatic heterocycles.